The van der Waals surface area contributed by atoms with Crippen LogP contribution >= 0.6 is 0 Å². The van der Waals surface area contributed by atoms with E-state index in [9.17, 15) is 4.79 Å². The third kappa shape index (κ3) is 4.43. The standard InChI is InChI=1S/C21H23N3O4/c1-4-10-23-21(25)24-14-5-7-15(8-6-14)28-18-9-11-22-17-13-20(27-3)19(26-2)12-16(17)18/h5-9,11-13H,4,10H2,1-3H3,(H2,23,24,25). The zero-order chi connectivity index (χ0) is 19.9. The zero-order valence-electron chi connectivity index (χ0n) is 16.1. The number of aromatic nitrogens is 1. The van der Waals surface area contributed by atoms with Crippen LogP contribution in [0.2, 0.25) is 0 Å². The van der Waals surface area contributed by atoms with Crippen LogP contribution in [-0.4, -0.2) is 31.8 Å². The van der Waals surface area contributed by atoms with Gasteiger partial charge in [0, 0.05) is 29.9 Å². The molecule has 0 bridgehead atoms. The van der Waals surface area contributed by atoms with Crippen LogP contribution in [0.1, 0.15) is 13.3 Å². The molecule has 146 valence electrons. The summed E-state index contributed by atoms with van der Waals surface area (Å²) in [5.41, 5.74) is 1.42. The highest BCUT2D eigenvalue weighted by Gasteiger charge is 2.11. The van der Waals surface area contributed by atoms with Crippen molar-refractivity contribution < 1.29 is 19.0 Å². The minimum Gasteiger partial charge on any atom is -0.493 e. The van der Waals surface area contributed by atoms with Crippen LogP contribution in [0.4, 0.5) is 10.5 Å². The molecule has 28 heavy (non-hydrogen) atoms. The highest BCUT2D eigenvalue weighted by molar-refractivity contribution is 5.89. The molecule has 7 nitrogen and oxygen atoms in total. The third-order valence-corrected chi connectivity index (χ3v) is 4.08. The molecule has 0 fully saturated rings. The maximum absolute atomic E-state index is 11.7. The van der Waals surface area contributed by atoms with Crippen LogP contribution < -0.4 is 24.8 Å². The summed E-state index contributed by atoms with van der Waals surface area (Å²) < 4.78 is 16.7. The number of pyridine rings is 1. The van der Waals surface area contributed by atoms with Crippen molar-refractivity contribution in [3.8, 4) is 23.0 Å². The predicted octanol–water partition coefficient (Wildman–Crippen LogP) is 4.58. The van der Waals surface area contributed by atoms with Crippen molar-refractivity contribution in [2.75, 3.05) is 26.1 Å². The van der Waals surface area contributed by atoms with Crippen molar-refractivity contribution in [1.82, 2.24) is 10.3 Å². The Morgan fingerprint density at radius 2 is 1.71 bits per heavy atom. The van der Waals surface area contributed by atoms with E-state index in [0.29, 0.717) is 35.2 Å². The first-order valence-electron chi connectivity index (χ1n) is 8.98. The summed E-state index contributed by atoms with van der Waals surface area (Å²) >= 11 is 0. The van der Waals surface area contributed by atoms with E-state index in [1.807, 2.05) is 19.1 Å². The Kier molecular flexibility index (Phi) is 6.16. The molecule has 0 saturated carbocycles. The summed E-state index contributed by atoms with van der Waals surface area (Å²) in [6, 6.07) is 12.4. The van der Waals surface area contributed by atoms with Crippen molar-refractivity contribution >= 4 is 22.6 Å². The Balaban J connectivity index is 1.80. The number of benzene rings is 2. The topological polar surface area (TPSA) is 81.7 Å². The number of nitrogens with zero attached hydrogens (tertiary/aromatic N) is 1. The Bertz CT molecular complexity index is 958. The molecule has 0 atom stereocenters. The van der Waals surface area contributed by atoms with Crippen LogP contribution in [0.15, 0.2) is 48.7 Å². The molecule has 7 heteroatoms. The lowest BCUT2D eigenvalue weighted by Crippen LogP contribution is -2.29. The van der Waals surface area contributed by atoms with Gasteiger partial charge in [-0.1, -0.05) is 6.92 Å². The molecule has 0 saturated heterocycles. The minimum absolute atomic E-state index is 0.225. The predicted molar refractivity (Wildman–Crippen MR) is 109 cm³/mol. The number of amides is 2. The Morgan fingerprint density at radius 3 is 2.39 bits per heavy atom. The smallest absolute Gasteiger partial charge is 0.319 e. The largest absolute Gasteiger partial charge is 0.493 e. The maximum Gasteiger partial charge on any atom is 0.319 e. The van der Waals surface area contributed by atoms with E-state index < -0.39 is 0 Å². The molecule has 0 aliphatic heterocycles. The number of carbonyl (C=O) groups excluding carboxylic acids is 1. The maximum atomic E-state index is 11.7. The normalized spacial score (nSPS) is 10.4. The van der Waals surface area contributed by atoms with Gasteiger partial charge in [0.15, 0.2) is 11.5 Å². The van der Waals surface area contributed by atoms with Gasteiger partial charge in [0.05, 0.1) is 19.7 Å². The Hall–Kier alpha value is -3.48. The average molecular weight is 381 g/mol. The molecule has 0 unspecified atom stereocenters. The highest BCUT2D eigenvalue weighted by Crippen LogP contribution is 2.36. The molecular weight excluding hydrogens is 358 g/mol. The van der Waals surface area contributed by atoms with Gasteiger partial charge in [-0.15, -0.1) is 0 Å². The third-order valence-electron chi connectivity index (χ3n) is 4.08. The molecule has 0 aliphatic carbocycles. The van der Waals surface area contributed by atoms with Crippen molar-refractivity contribution in [1.29, 1.82) is 0 Å². The summed E-state index contributed by atoms with van der Waals surface area (Å²) in [6.07, 6.45) is 2.56. The van der Waals surface area contributed by atoms with Gasteiger partial charge in [-0.2, -0.15) is 0 Å². The van der Waals surface area contributed by atoms with Gasteiger partial charge < -0.3 is 24.8 Å². The minimum atomic E-state index is -0.225. The van der Waals surface area contributed by atoms with Crippen LogP contribution in [0.5, 0.6) is 23.0 Å². The van der Waals surface area contributed by atoms with Gasteiger partial charge in [-0.3, -0.25) is 4.98 Å². The number of urea groups is 1. The fraction of sp³-hybridized carbons (Fsp3) is 0.238. The van der Waals surface area contributed by atoms with E-state index in [0.717, 1.165) is 17.3 Å². The first kappa shape index (κ1) is 19.3. The number of anilines is 1. The number of methoxy groups -OCH3 is 2. The molecular formula is C21H23N3O4. The van der Waals surface area contributed by atoms with Gasteiger partial charge >= 0.3 is 6.03 Å². The molecule has 0 spiro atoms. The number of rotatable bonds is 7. The number of hydrogen-bond donors (Lipinski definition) is 2. The van der Waals surface area contributed by atoms with E-state index in [2.05, 4.69) is 15.6 Å². The van der Waals surface area contributed by atoms with E-state index in [1.54, 1.807) is 50.7 Å². The number of hydrogen-bond acceptors (Lipinski definition) is 5. The number of fused-ring (bicyclic) bond motifs is 1. The van der Waals surface area contributed by atoms with Crippen molar-refractivity contribution in [3.05, 3.63) is 48.7 Å². The summed E-state index contributed by atoms with van der Waals surface area (Å²) in [5, 5.41) is 6.35. The molecule has 1 aromatic heterocycles. The SMILES string of the molecule is CCCNC(=O)Nc1ccc(Oc2ccnc3cc(OC)c(OC)cc23)cc1. The number of carbonyl (C=O) groups is 1. The molecule has 2 aromatic carbocycles. The highest BCUT2D eigenvalue weighted by atomic mass is 16.5. The monoisotopic (exact) mass is 381 g/mol. The average Bonchev–Trinajstić information content (AvgIpc) is 2.72. The lowest BCUT2D eigenvalue weighted by molar-refractivity contribution is 0.252. The van der Waals surface area contributed by atoms with Gasteiger partial charge in [0.1, 0.15) is 11.5 Å². The van der Waals surface area contributed by atoms with Gasteiger partial charge in [-0.25, -0.2) is 4.79 Å². The summed E-state index contributed by atoms with van der Waals surface area (Å²) in [7, 11) is 3.17. The number of nitrogens with one attached hydrogen (secondary N) is 2. The second-order valence-electron chi connectivity index (χ2n) is 6.04. The van der Waals surface area contributed by atoms with Gasteiger partial charge in [0.25, 0.3) is 0 Å². The van der Waals surface area contributed by atoms with E-state index in [4.69, 9.17) is 14.2 Å². The number of ether oxygens (including phenoxy) is 3. The molecule has 0 aliphatic rings. The second-order valence-corrected chi connectivity index (χ2v) is 6.04. The molecule has 0 radical (unpaired) electrons. The fourth-order valence-corrected chi connectivity index (χ4v) is 2.68. The van der Waals surface area contributed by atoms with E-state index in [1.165, 1.54) is 0 Å². The summed E-state index contributed by atoms with van der Waals surface area (Å²) in [5.74, 6) is 2.50. The van der Waals surface area contributed by atoms with E-state index >= 15 is 0 Å². The first-order chi connectivity index (χ1) is 13.6. The van der Waals surface area contributed by atoms with Crippen LogP contribution in [0.3, 0.4) is 0 Å². The zero-order valence-corrected chi connectivity index (χ0v) is 16.1. The fourth-order valence-electron chi connectivity index (χ4n) is 2.68. The summed E-state index contributed by atoms with van der Waals surface area (Å²) in [6.45, 7) is 2.64. The second kappa shape index (κ2) is 8.94. The van der Waals surface area contributed by atoms with E-state index in [-0.39, 0.29) is 6.03 Å². The van der Waals surface area contributed by atoms with Gasteiger partial charge in [-0.05, 0) is 42.8 Å². The molecule has 2 amide bonds. The molecule has 2 N–H and O–H groups in total. The molecule has 3 aromatic rings. The van der Waals surface area contributed by atoms with Gasteiger partial charge in [0.2, 0.25) is 0 Å². The van der Waals surface area contributed by atoms with Crippen LogP contribution in [0, 0.1) is 0 Å². The first-order valence-corrected chi connectivity index (χ1v) is 8.98. The Morgan fingerprint density at radius 1 is 1.00 bits per heavy atom. The lowest BCUT2D eigenvalue weighted by Gasteiger charge is -2.13. The van der Waals surface area contributed by atoms with Crippen LogP contribution in [-0.2, 0) is 0 Å². The Labute approximate surface area is 163 Å². The van der Waals surface area contributed by atoms with Crippen LogP contribution in [0.25, 0.3) is 10.9 Å². The summed E-state index contributed by atoms with van der Waals surface area (Å²) in [4.78, 5) is 16.1. The van der Waals surface area contributed by atoms with Crippen molar-refractivity contribution in [2.45, 2.75) is 13.3 Å². The van der Waals surface area contributed by atoms with Crippen molar-refractivity contribution in [3.63, 3.8) is 0 Å². The quantitative estimate of drug-likeness (QED) is 0.626. The lowest BCUT2D eigenvalue weighted by atomic mass is 10.2. The molecule has 3 rings (SSSR count). The molecule has 1 heterocycles. The van der Waals surface area contributed by atoms with Crippen molar-refractivity contribution in [2.24, 2.45) is 0 Å².